The Bertz CT molecular complexity index is 568. The minimum Gasteiger partial charge on any atom is -0.497 e. The van der Waals surface area contributed by atoms with Gasteiger partial charge >= 0.3 is 0 Å². The van der Waals surface area contributed by atoms with Crippen LogP contribution in [0.2, 0.25) is 0 Å². The van der Waals surface area contributed by atoms with Crippen LogP contribution in [0.4, 0.5) is 0 Å². The fourth-order valence-corrected chi connectivity index (χ4v) is 3.89. The summed E-state index contributed by atoms with van der Waals surface area (Å²) < 4.78 is 11.0. The molecule has 23 heavy (non-hydrogen) atoms. The highest BCUT2D eigenvalue weighted by molar-refractivity contribution is 5.80. The zero-order chi connectivity index (χ0) is 16.4. The van der Waals surface area contributed by atoms with E-state index in [1.807, 2.05) is 19.2 Å². The molecule has 5 nitrogen and oxygen atoms in total. The van der Waals surface area contributed by atoms with Gasteiger partial charge in [0.2, 0.25) is 0 Å². The van der Waals surface area contributed by atoms with Gasteiger partial charge in [-0.3, -0.25) is 4.99 Å². The number of nitrogens with one attached hydrogen (secondary N) is 2. The van der Waals surface area contributed by atoms with E-state index in [1.54, 1.807) is 7.11 Å². The molecule has 2 fully saturated rings. The van der Waals surface area contributed by atoms with Crippen LogP contribution in [0.5, 0.6) is 5.75 Å². The molecule has 1 aromatic carbocycles. The topological polar surface area (TPSA) is 54.9 Å². The average molecular weight is 317 g/mol. The first kappa shape index (κ1) is 16.1. The number of ether oxygens (including phenoxy) is 2. The summed E-state index contributed by atoms with van der Waals surface area (Å²) in [4.78, 5) is 4.37. The van der Waals surface area contributed by atoms with E-state index >= 15 is 0 Å². The van der Waals surface area contributed by atoms with Crippen LogP contribution in [0.3, 0.4) is 0 Å². The van der Waals surface area contributed by atoms with Crippen molar-refractivity contribution < 1.29 is 9.47 Å². The molecule has 3 atom stereocenters. The van der Waals surface area contributed by atoms with Crippen LogP contribution < -0.4 is 15.4 Å². The standard InChI is InChI=1S/C18H27N3O2/c1-18(2)15(14-9-10-23-16(14)18)21-17(19-3)20-11-12-5-7-13(22-4)8-6-12/h5-8,14-16H,9-11H2,1-4H3,(H2,19,20,21). The summed E-state index contributed by atoms with van der Waals surface area (Å²) in [5, 5.41) is 6.99. The van der Waals surface area contributed by atoms with Gasteiger partial charge in [0.25, 0.3) is 0 Å². The van der Waals surface area contributed by atoms with Gasteiger partial charge in [0.05, 0.1) is 13.2 Å². The number of aliphatic imine (C=N–C) groups is 1. The van der Waals surface area contributed by atoms with E-state index < -0.39 is 0 Å². The number of benzene rings is 1. The second-order valence-electron chi connectivity index (χ2n) is 6.96. The van der Waals surface area contributed by atoms with Crippen LogP contribution >= 0.6 is 0 Å². The molecule has 1 saturated carbocycles. The lowest BCUT2D eigenvalue weighted by Gasteiger charge is -2.54. The molecule has 0 amide bonds. The van der Waals surface area contributed by atoms with Gasteiger partial charge in [-0.2, -0.15) is 0 Å². The molecule has 1 saturated heterocycles. The Balaban J connectivity index is 1.56. The summed E-state index contributed by atoms with van der Waals surface area (Å²) in [6, 6.07) is 8.49. The van der Waals surface area contributed by atoms with E-state index in [0.29, 0.717) is 18.1 Å². The lowest BCUT2D eigenvalue weighted by Crippen LogP contribution is -2.67. The third kappa shape index (κ3) is 3.02. The van der Waals surface area contributed by atoms with Crippen molar-refractivity contribution in [1.82, 2.24) is 10.6 Å². The zero-order valence-corrected chi connectivity index (χ0v) is 14.4. The van der Waals surface area contributed by atoms with Gasteiger partial charge in [0, 0.05) is 37.6 Å². The van der Waals surface area contributed by atoms with Gasteiger partial charge in [-0.25, -0.2) is 0 Å². The first-order chi connectivity index (χ1) is 11.1. The lowest BCUT2D eigenvalue weighted by atomic mass is 9.57. The molecule has 126 valence electrons. The number of rotatable bonds is 4. The maximum atomic E-state index is 5.85. The molecular weight excluding hydrogens is 290 g/mol. The van der Waals surface area contributed by atoms with Crippen molar-refractivity contribution in [3.05, 3.63) is 29.8 Å². The fourth-order valence-electron chi connectivity index (χ4n) is 3.89. The second-order valence-corrected chi connectivity index (χ2v) is 6.96. The van der Waals surface area contributed by atoms with Crippen LogP contribution in [0.25, 0.3) is 0 Å². The Hall–Kier alpha value is -1.75. The summed E-state index contributed by atoms with van der Waals surface area (Å²) >= 11 is 0. The van der Waals surface area contributed by atoms with Crippen molar-refractivity contribution in [2.45, 2.75) is 39.0 Å². The van der Waals surface area contributed by atoms with E-state index in [-0.39, 0.29) is 5.41 Å². The van der Waals surface area contributed by atoms with Gasteiger partial charge in [0.1, 0.15) is 5.75 Å². The molecule has 1 heterocycles. The van der Waals surface area contributed by atoms with E-state index in [0.717, 1.165) is 31.3 Å². The second kappa shape index (κ2) is 6.40. The van der Waals surface area contributed by atoms with Crippen LogP contribution in [-0.2, 0) is 11.3 Å². The lowest BCUT2D eigenvalue weighted by molar-refractivity contribution is -0.106. The summed E-state index contributed by atoms with van der Waals surface area (Å²) in [5.41, 5.74) is 1.35. The third-order valence-corrected chi connectivity index (χ3v) is 5.24. The quantitative estimate of drug-likeness (QED) is 0.660. The maximum Gasteiger partial charge on any atom is 0.191 e. The fraction of sp³-hybridized carbons (Fsp3) is 0.611. The number of hydrogen-bond acceptors (Lipinski definition) is 3. The van der Waals surface area contributed by atoms with Crippen LogP contribution in [0.1, 0.15) is 25.8 Å². The number of hydrogen-bond donors (Lipinski definition) is 2. The Labute approximate surface area is 138 Å². The predicted molar refractivity (Wildman–Crippen MR) is 91.7 cm³/mol. The summed E-state index contributed by atoms with van der Waals surface area (Å²) in [7, 11) is 3.50. The number of nitrogens with zero attached hydrogens (tertiary/aromatic N) is 1. The molecule has 1 aromatic rings. The normalized spacial score (nSPS) is 28.7. The van der Waals surface area contributed by atoms with Crippen molar-refractivity contribution in [3.8, 4) is 5.75 Å². The molecule has 0 aromatic heterocycles. The Morgan fingerprint density at radius 2 is 2.09 bits per heavy atom. The molecule has 2 aliphatic rings. The van der Waals surface area contributed by atoms with Crippen molar-refractivity contribution in [2.75, 3.05) is 20.8 Å². The first-order valence-electron chi connectivity index (χ1n) is 8.28. The highest BCUT2D eigenvalue weighted by Crippen LogP contribution is 2.52. The summed E-state index contributed by atoms with van der Waals surface area (Å²) in [5.74, 6) is 2.33. The number of guanidine groups is 1. The highest BCUT2D eigenvalue weighted by atomic mass is 16.5. The maximum absolute atomic E-state index is 5.85. The summed E-state index contributed by atoms with van der Waals surface area (Å²) in [6.45, 7) is 6.16. The van der Waals surface area contributed by atoms with Crippen molar-refractivity contribution in [2.24, 2.45) is 16.3 Å². The van der Waals surface area contributed by atoms with Gasteiger partial charge < -0.3 is 20.1 Å². The minimum absolute atomic E-state index is 0.152. The Kier molecular flexibility index (Phi) is 4.48. The van der Waals surface area contributed by atoms with E-state index in [1.165, 1.54) is 5.56 Å². The van der Waals surface area contributed by atoms with Crippen molar-refractivity contribution in [1.29, 1.82) is 0 Å². The molecule has 2 N–H and O–H groups in total. The van der Waals surface area contributed by atoms with E-state index in [9.17, 15) is 0 Å². The van der Waals surface area contributed by atoms with Gasteiger partial charge in [-0.05, 0) is 24.1 Å². The SMILES string of the molecule is CN=C(NCc1ccc(OC)cc1)NC1C2CCOC2C1(C)C. The number of fused-ring (bicyclic) bond motifs is 1. The molecule has 3 rings (SSSR count). The minimum atomic E-state index is 0.152. The van der Waals surface area contributed by atoms with Crippen LogP contribution in [0, 0.1) is 11.3 Å². The van der Waals surface area contributed by atoms with Crippen LogP contribution in [0.15, 0.2) is 29.3 Å². The zero-order valence-electron chi connectivity index (χ0n) is 14.4. The predicted octanol–water partition coefficient (Wildman–Crippen LogP) is 2.17. The monoisotopic (exact) mass is 317 g/mol. The Morgan fingerprint density at radius 1 is 1.35 bits per heavy atom. The Morgan fingerprint density at radius 3 is 2.74 bits per heavy atom. The van der Waals surface area contributed by atoms with E-state index in [2.05, 4.69) is 41.6 Å². The molecule has 0 bridgehead atoms. The van der Waals surface area contributed by atoms with Gasteiger partial charge in [-0.15, -0.1) is 0 Å². The van der Waals surface area contributed by atoms with Crippen LogP contribution in [-0.4, -0.2) is 38.9 Å². The molecule has 0 spiro atoms. The highest BCUT2D eigenvalue weighted by Gasteiger charge is 2.59. The number of methoxy groups -OCH3 is 1. The molecule has 1 aliphatic heterocycles. The average Bonchev–Trinajstić information content (AvgIpc) is 3.02. The smallest absolute Gasteiger partial charge is 0.191 e. The molecule has 0 radical (unpaired) electrons. The molecular formula is C18H27N3O2. The van der Waals surface area contributed by atoms with Gasteiger partial charge in [-0.1, -0.05) is 26.0 Å². The molecule has 1 aliphatic carbocycles. The first-order valence-corrected chi connectivity index (χ1v) is 8.28. The van der Waals surface area contributed by atoms with Crippen molar-refractivity contribution >= 4 is 5.96 Å². The van der Waals surface area contributed by atoms with Crippen molar-refractivity contribution in [3.63, 3.8) is 0 Å². The molecule has 3 unspecified atom stereocenters. The largest absolute Gasteiger partial charge is 0.497 e. The van der Waals surface area contributed by atoms with E-state index in [4.69, 9.17) is 9.47 Å². The molecule has 5 heteroatoms. The third-order valence-electron chi connectivity index (χ3n) is 5.24. The van der Waals surface area contributed by atoms with Gasteiger partial charge in [0.15, 0.2) is 5.96 Å². The summed E-state index contributed by atoms with van der Waals surface area (Å²) in [6.07, 6.45) is 1.53.